The fraction of sp³-hybridized carbons (Fsp3) is 0.188. The maximum absolute atomic E-state index is 11.9. The van der Waals surface area contributed by atoms with E-state index in [1.54, 1.807) is 13.0 Å². The molecule has 5 nitrogen and oxygen atoms in total. The molecule has 112 valence electrons. The first-order valence-corrected chi connectivity index (χ1v) is 7.66. The van der Waals surface area contributed by atoms with E-state index < -0.39 is 10.9 Å². The topological polar surface area (TPSA) is 69.4 Å². The molecule has 0 aliphatic carbocycles. The molecular formula is C16H13NO4S. The number of esters is 1. The van der Waals surface area contributed by atoms with Crippen LogP contribution in [0.1, 0.15) is 28.4 Å². The van der Waals surface area contributed by atoms with Gasteiger partial charge in [-0.25, -0.2) is 4.79 Å². The van der Waals surface area contributed by atoms with Crippen molar-refractivity contribution in [2.24, 2.45) is 0 Å². The molecule has 1 aliphatic heterocycles. The van der Waals surface area contributed by atoms with Gasteiger partial charge < -0.3 is 4.74 Å². The molecule has 6 heteroatoms. The summed E-state index contributed by atoms with van der Waals surface area (Å²) < 4.78 is 4.95. The number of carbonyl (C=O) groups is 1. The summed E-state index contributed by atoms with van der Waals surface area (Å²) in [5, 5.41) is 11.4. The monoisotopic (exact) mass is 315 g/mol. The van der Waals surface area contributed by atoms with Crippen molar-refractivity contribution >= 4 is 23.4 Å². The first-order chi connectivity index (χ1) is 10.6. The molecule has 0 atom stereocenters. The van der Waals surface area contributed by atoms with Gasteiger partial charge in [0.25, 0.3) is 5.69 Å². The van der Waals surface area contributed by atoms with E-state index in [1.165, 1.54) is 17.8 Å². The van der Waals surface area contributed by atoms with Gasteiger partial charge in [0.2, 0.25) is 0 Å². The van der Waals surface area contributed by atoms with E-state index in [-0.39, 0.29) is 17.9 Å². The van der Waals surface area contributed by atoms with Crippen molar-refractivity contribution in [1.29, 1.82) is 0 Å². The van der Waals surface area contributed by atoms with E-state index in [4.69, 9.17) is 4.74 Å². The number of rotatable bonds is 3. The Labute approximate surface area is 131 Å². The highest BCUT2D eigenvalue weighted by Gasteiger charge is 2.27. The average Bonchev–Trinajstić information content (AvgIpc) is 2.51. The number of hydrogen-bond acceptors (Lipinski definition) is 5. The van der Waals surface area contributed by atoms with Gasteiger partial charge in [-0.15, -0.1) is 0 Å². The molecule has 0 bridgehead atoms. The molecule has 0 saturated heterocycles. The Morgan fingerprint density at radius 3 is 2.82 bits per heavy atom. The highest BCUT2D eigenvalue weighted by atomic mass is 32.2. The van der Waals surface area contributed by atoms with E-state index in [0.717, 1.165) is 15.4 Å². The number of hydrogen-bond donors (Lipinski definition) is 0. The maximum Gasteiger partial charge on any atom is 0.338 e. The molecule has 22 heavy (non-hydrogen) atoms. The molecule has 0 fully saturated rings. The van der Waals surface area contributed by atoms with E-state index >= 15 is 0 Å². The van der Waals surface area contributed by atoms with Crippen molar-refractivity contribution in [3.63, 3.8) is 0 Å². The molecule has 0 unspecified atom stereocenters. The van der Waals surface area contributed by atoms with Crippen LogP contribution in [0.3, 0.4) is 0 Å². The summed E-state index contributed by atoms with van der Waals surface area (Å²) in [6, 6.07) is 10.8. The van der Waals surface area contributed by atoms with Crippen molar-refractivity contribution in [3.8, 4) is 0 Å². The van der Waals surface area contributed by atoms with Crippen molar-refractivity contribution in [2.45, 2.75) is 23.1 Å². The van der Waals surface area contributed by atoms with Gasteiger partial charge in [-0.1, -0.05) is 30.0 Å². The number of nitro benzene ring substituents is 1. The molecule has 0 N–H and O–H groups in total. The predicted octanol–water partition coefficient (Wildman–Crippen LogP) is 3.83. The van der Waals surface area contributed by atoms with Gasteiger partial charge in [-0.2, -0.15) is 0 Å². The Morgan fingerprint density at radius 1 is 1.32 bits per heavy atom. The molecule has 0 radical (unpaired) electrons. The number of nitro groups is 1. The molecule has 0 saturated carbocycles. The first kappa shape index (κ1) is 14.6. The minimum absolute atomic E-state index is 0.0254. The highest BCUT2D eigenvalue weighted by Crippen LogP contribution is 2.43. The van der Waals surface area contributed by atoms with Crippen LogP contribution in [0.2, 0.25) is 0 Å². The Kier molecular flexibility index (Phi) is 3.85. The van der Waals surface area contributed by atoms with Gasteiger partial charge in [0.1, 0.15) is 0 Å². The van der Waals surface area contributed by atoms with E-state index in [2.05, 4.69) is 0 Å². The van der Waals surface area contributed by atoms with Gasteiger partial charge in [0.05, 0.1) is 17.1 Å². The minimum Gasteiger partial charge on any atom is -0.462 e. The van der Waals surface area contributed by atoms with Crippen LogP contribution >= 0.6 is 11.8 Å². The average molecular weight is 315 g/mol. The SMILES string of the molecule is CCOC(=O)c1cc2c(c([N+](=O)[O-])c1)Cc1ccccc1S2. The van der Waals surface area contributed by atoms with Crippen LogP contribution in [0.4, 0.5) is 5.69 Å². The Balaban J connectivity index is 2.11. The predicted molar refractivity (Wildman–Crippen MR) is 82.4 cm³/mol. The number of benzene rings is 2. The molecule has 2 aromatic rings. The molecule has 2 aromatic carbocycles. The summed E-state index contributed by atoms with van der Waals surface area (Å²) in [5.41, 5.74) is 1.91. The van der Waals surface area contributed by atoms with Crippen molar-refractivity contribution in [2.75, 3.05) is 6.61 Å². The van der Waals surface area contributed by atoms with Gasteiger partial charge in [0.15, 0.2) is 0 Å². The van der Waals surface area contributed by atoms with Crippen molar-refractivity contribution in [1.82, 2.24) is 0 Å². The summed E-state index contributed by atoms with van der Waals surface area (Å²) in [7, 11) is 0. The molecule has 0 amide bonds. The lowest BCUT2D eigenvalue weighted by Crippen LogP contribution is -2.09. The highest BCUT2D eigenvalue weighted by molar-refractivity contribution is 7.99. The van der Waals surface area contributed by atoms with Crippen molar-refractivity contribution < 1.29 is 14.5 Å². The van der Waals surface area contributed by atoms with Gasteiger partial charge in [-0.05, 0) is 24.6 Å². The molecular weight excluding hydrogens is 302 g/mol. The summed E-state index contributed by atoms with van der Waals surface area (Å²) >= 11 is 1.45. The number of fused-ring (bicyclic) bond motifs is 2. The molecule has 0 aromatic heterocycles. The largest absolute Gasteiger partial charge is 0.462 e. The van der Waals surface area contributed by atoms with Gasteiger partial charge in [0, 0.05) is 27.8 Å². The quantitative estimate of drug-likeness (QED) is 0.417. The smallest absolute Gasteiger partial charge is 0.338 e. The standard InChI is InChI=1S/C16H13NO4S/c1-2-21-16(18)11-8-13(17(19)20)12-7-10-5-3-4-6-14(10)22-15(12)9-11/h3-6,8-9H,2,7H2,1H3. The van der Waals surface area contributed by atoms with Crippen LogP contribution in [0.15, 0.2) is 46.2 Å². The summed E-state index contributed by atoms with van der Waals surface area (Å²) in [5.74, 6) is -0.534. The van der Waals surface area contributed by atoms with Crippen LogP contribution in [0.25, 0.3) is 0 Å². The second-order valence-electron chi connectivity index (χ2n) is 4.84. The normalized spacial score (nSPS) is 12.2. The second-order valence-corrected chi connectivity index (χ2v) is 5.92. The number of carbonyl (C=O) groups excluding carboxylic acids is 1. The lowest BCUT2D eigenvalue weighted by atomic mass is 10.0. The number of ether oxygens (including phenoxy) is 1. The molecule has 3 rings (SSSR count). The zero-order chi connectivity index (χ0) is 15.7. The molecule has 1 aliphatic rings. The Hall–Kier alpha value is -2.34. The first-order valence-electron chi connectivity index (χ1n) is 6.84. The zero-order valence-corrected chi connectivity index (χ0v) is 12.7. The zero-order valence-electron chi connectivity index (χ0n) is 11.9. The second kappa shape index (κ2) is 5.81. The Morgan fingerprint density at radius 2 is 2.09 bits per heavy atom. The summed E-state index contributed by atoms with van der Waals surface area (Å²) in [6.45, 7) is 1.94. The van der Waals surface area contributed by atoms with Crippen LogP contribution in [0.5, 0.6) is 0 Å². The van der Waals surface area contributed by atoms with E-state index in [1.807, 2.05) is 24.3 Å². The Bertz CT molecular complexity index is 773. The van der Waals surface area contributed by atoms with Gasteiger partial charge >= 0.3 is 5.97 Å². The summed E-state index contributed by atoms with van der Waals surface area (Å²) in [4.78, 5) is 24.6. The van der Waals surface area contributed by atoms with Crippen LogP contribution in [-0.4, -0.2) is 17.5 Å². The summed E-state index contributed by atoms with van der Waals surface area (Å²) in [6.07, 6.45) is 0.498. The van der Waals surface area contributed by atoms with Crippen molar-refractivity contribution in [3.05, 3.63) is 63.2 Å². The third kappa shape index (κ3) is 2.57. The molecule has 1 heterocycles. The third-order valence-corrected chi connectivity index (χ3v) is 4.66. The van der Waals surface area contributed by atoms with E-state index in [0.29, 0.717) is 12.0 Å². The lowest BCUT2D eigenvalue weighted by Gasteiger charge is -2.19. The third-order valence-electron chi connectivity index (χ3n) is 3.45. The number of nitrogens with zero attached hydrogens (tertiary/aromatic N) is 1. The minimum atomic E-state index is -0.534. The van der Waals surface area contributed by atoms with Crippen LogP contribution in [-0.2, 0) is 11.2 Å². The fourth-order valence-electron chi connectivity index (χ4n) is 2.45. The van der Waals surface area contributed by atoms with Crippen LogP contribution < -0.4 is 0 Å². The van der Waals surface area contributed by atoms with Gasteiger partial charge in [-0.3, -0.25) is 10.1 Å². The van der Waals surface area contributed by atoms with Crippen LogP contribution in [0, 0.1) is 10.1 Å². The fourth-order valence-corrected chi connectivity index (χ4v) is 3.59. The maximum atomic E-state index is 11.9. The lowest BCUT2D eigenvalue weighted by molar-refractivity contribution is -0.385. The molecule has 0 spiro atoms. The van der Waals surface area contributed by atoms with E-state index in [9.17, 15) is 14.9 Å².